The van der Waals surface area contributed by atoms with Gasteiger partial charge in [0.05, 0.1) is 12.6 Å². The van der Waals surface area contributed by atoms with Crippen LogP contribution in [0.3, 0.4) is 0 Å². The lowest BCUT2D eigenvalue weighted by molar-refractivity contribution is -0.138. The molecule has 0 spiro atoms. The zero-order valence-electron chi connectivity index (χ0n) is 11.4. The van der Waals surface area contributed by atoms with Crippen LogP contribution >= 0.6 is 11.3 Å². The van der Waals surface area contributed by atoms with Gasteiger partial charge in [0, 0.05) is 31.1 Å². The summed E-state index contributed by atoms with van der Waals surface area (Å²) in [5, 5.41) is 13.7. The Hall–Kier alpha value is -1.60. The fraction of sp³-hybridized carbons (Fsp3) is 0.538. The fourth-order valence-electron chi connectivity index (χ4n) is 2.19. The van der Waals surface area contributed by atoms with Crippen LogP contribution in [0.4, 0.5) is 4.79 Å². The first kappa shape index (κ1) is 14.8. The number of nitrogens with zero attached hydrogens (tertiary/aromatic N) is 2. The van der Waals surface area contributed by atoms with Gasteiger partial charge >= 0.3 is 12.0 Å². The maximum absolute atomic E-state index is 12.1. The first-order valence-corrected chi connectivity index (χ1v) is 7.47. The Kier molecular flexibility index (Phi) is 4.97. The molecule has 2 N–H and O–H groups in total. The molecule has 1 atom stereocenters. The highest BCUT2D eigenvalue weighted by molar-refractivity contribution is 7.10. The number of urea groups is 1. The number of carboxylic acids is 1. The van der Waals surface area contributed by atoms with Gasteiger partial charge in [0.25, 0.3) is 0 Å². The minimum atomic E-state index is -0.825. The second-order valence-electron chi connectivity index (χ2n) is 4.84. The molecular weight excluding hydrogens is 278 g/mol. The van der Waals surface area contributed by atoms with Crippen molar-refractivity contribution in [2.75, 3.05) is 32.7 Å². The molecule has 0 radical (unpaired) electrons. The number of hydrogen-bond acceptors (Lipinski definition) is 4. The van der Waals surface area contributed by atoms with Crippen LogP contribution in [0.1, 0.15) is 17.8 Å². The highest BCUT2D eigenvalue weighted by Crippen LogP contribution is 2.18. The number of rotatable bonds is 4. The molecule has 1 saturated heterocycles. The van der Waals surface area contributed by atoms with Crippen LogP contribution in [0.2, 0.25) is 0 Å². The van der Waals surface area contributed by atoms with E-state index in [0.29, 0.717) is 26.2 Å². The van der Waals surface area contributed by atoms with Gasteiger partial charge in [0.15, 0.2) is 0 Å². The number of nitrogens with one attached hydrogen (secondary N) is 1. The van der Waals surface area contributed by atoms with E-state index >= 15 is 0 Å². The van der Waals surface area contributed by atoms with Gasteiger partial charge in [-0.1, -0.05) is 6.07 Å². The van der Waals surface area contributed by atoms with Gasteiger partial charge in [-0.25, -0.2) is 4.79 Å². The summed E-state index contributed by atoms with van der Waals surface area (Å²) in [7, 11) is 0. The van der Waals surface area contributed by atoms with Gasteiger partial charge in [0.2, 0.25) is 0 Å². The van der Waals surface area contributed by atoms with Gasteiger partial charge in [-0.2, -0.15) is 0 Å². The topological polar surface area (TPSA) is 72.9 Å². The molecule has 1 aliphatic rings. The van der Waals surface area contributed by atoms with Crippen LogP contribution in [0.5, 0.6) is 0 Å². The monoisotopic (exact) mass is 297 g/mol. The van der Waals surface area contributed by atoms with E-state index in [9.17, 15) is 9.59 Å². The summed E-state index contributed by atoms with van der Waals surface area (Å²) >= 11 is 1.62. The summed E-state index contributed by atoms with van der Waals surface area (Å²) in [5.41, 5.74) is 0. The molecule has 7 heteroatoms. The Balaban J connectivity index is 1.78. The zero-order valence-corrected chi connectivity index (χ0v) is 12.2. The maximum atomic E-state index is 12.1. The number of carboxylic acid groups (broad SMARTS) is 1. The van der Waals surface area contributed by atoms with Crippen molar-refractivity contribution < 1.29 is 14.7 Å². The molecular formula is C13H19N3O3S. The third kappa shape index (κ3) is 3.94. The number of aliphatic carboxylic acids is 1. The lowest BCUT2D eigenvalue weighted by Crippen LogP contribution is -2.52. The van der Waals surface area contributed by atoms with Crippen LogP contribution in [0.25, 0.3) is 0 Å². The minimum Gasteiger partial charge on any atom is -0.480 e. The van der Waals surface area contributed by atoms with Crippen molar-refractivity contribution in [1.29, 1.82) is 0 Å². The predicted octanol–water partition coefficient (Wildman–Crippen LogP) is 1.22. The fourth-order valence-corrected chi connectivity index (χ4v) is 2.92. The summed E-state index contributed by atoms with van der Waals surface area (Å²) < 4.78 is 0. The normalized spacial score (nSPS) is 17.8. The highest BCUT2D eigenvalue weighted by Gasteiger charge is 2.23. The first-order chi connectivity index (χ1) is 9.56. The van der Waals surface area contributed by atoms with Crippen LogP contribution in [0.15, 0.2) is 17.5 Å². The quantitative estimate of drug-likeness (QED) is 0.876. The van der Waals surface area contributed by atoms with Gasteiger partial charge in [-0.3, -0.25) is 9.69 Å². The molecule has 6 nitrogen and oxygen atoms in total. The molecule has 0 saturated carbocycles. The third-order valence-electron chi connectivity index (χ3n) is 3.33. The predicted molar refractivity (Wildman–Crippen MR) is 76.9 cm³/mol. The van der Waals surface area contributed by atoms with Gasteiger partial charge in [-0.15, -0.1) is 11.3 Å². The second-order valence-corrected chi connectivity index (χ2v) is 5.82. The molecule has 1 unspecified atom stereocenters. The van der Waals surface area contributed by atoms with Crippen molar-refractivity contribution in [3.8, 4) is 0 Å². The van der Waals surface area contributed by atoms with Crippen molar-refractivity contribution in [3.05, 3.63) is 22.4 Å². The largest absolute Gasteiger partial charge is 0.480 e. The number of carbonyl (C=O) groups excluding carboxylic acids is 1. The van der Waals surface area contributed by atoms with E-state index in [4.69, 9.17) is 5.11 Å². The van der Waals surface area contributed by atoms with E-state index < -0.39 is 5.97 Å². The van der Waals surface area contributed by atoms with Crippen molar-refractivity contribution in [2.45, 2.75) is 13.0 Å². The Bertz CT molecular complexity index is 455. The minimum absolute atomic E-state index is 0.000417. The van der Waals surface area contributed by atoms with E-state index in [0.717, 1.165) is 4.88 Å². The van der Waals surface area contributed by atoms with E-state index in [1.54, 1.807) is 16.2 Å². The number of hydrogen-bond donors (Lipinski definition) is 2. The molecule has 1 aromatic heterocycles. The molecule has 2 amide bonds. The van der Waals surface area contributed by atoms with Gasteiger partial charge < -0.3 is 15.3 Å². The second kappa shape index (κ2) is 6.71. The van der Waals surface area contributed by atoms with E-state index in [1.165, 1.54) is 0 Å². The standard InChI is InChI=1S/C13H19N3O3S/c1-10(11-3-2-8-20-11)14-13(19)16-6-4-15(5-7-16)9-12(17)18/h2-3,8,10H,4-7,9H2,1H3,(H,14,19)(H,17,18). The first-order valence-electron chi connectivity index (χ1n) is 6.59. The van der Waals surface area contributed by atoms with Crippen molar-refractivity contribution in [3.63, 3.8) is 0 Å². The molecule has 0 aromatic carbocycles. The molecule has 0 aliphatic carbocycles. The lowest BCUT2D eigenvalue weighted by Gasteiger charge is -2.34. The SMILES string of the molecule is CC(NC(=O)N1CCN(CC(=O)O)CC1)c1cccs1. The number of piperazine rings is 1. The summed E-state index contributed by atoms with van der Waals surface area (Å²) in [6.07, 6.45) is 0. The zero-order chi connectivity index (χ0) is 14.5. The summed E-state index contributed by atoms with van der Waals surface area (Å²) in [5.74, 6) is -0.825. The van der Waals surface area contributed by atoms with Crippen LogP contribution in [-0.2, 0) is 4.79 Å². The van der Waals surface area contributed by atoms with Crippen LogP contribution in [-0.4, -0.2) is 59.6 Å². The Morgan fingerprint density at radius 3 is 2.65 bits per heavy atom. The van der Waals surface area contributed by atoms with Gasteiger partial charge in [-0.05, 0) is 18.4 Å². The van der Waals surface area contributed by atoms with Gasteiger partial charge in [0.1, 0.15) is 0 Å². The number of amides is 2. The van der Waals surface area contributed by atoms with E-state index in [1.807, 2.05) is 29.3 Å². The average Bonchev–Trinajstić information content (AvgIpc) is 2.92. The Labute approximate surface area is 122 Å². The average molecular weight is 297 g/mol. The molecule has 1 aliphatic heterocycles. The molecule has 1 fully saturated rings. The van der Waals surface area contributed by atoms with E-state index in [-0.39, 0.29) is 18.6 Å². The van der Waals surface area contributed by atoms with Crippen LogP contribution < -0.4 is 5.32 Å². The van der Waals surface area contributed by atoms with Crippen molar-refractivity contribution in [2.24, 2.45) is 0 Å². The highest BCUT2D eigenvalue weighted by atomic mass is 32.1. The number of thiophene rings is 1. The van der Waals surface area contributed by atoms with E-state index in [2.05, 4.69) is 5.32 Å². The Morgan fingerprint density at radius 2 is 2.10 bits per heavy atom. The molecule has 20 heavy (non-hydrogen) atoms. The summed E-state index contributed by atoms with van der Waals surface area (Å²) in [4.78, 5) is 27.5. The molecule has 110 valence electrons. The lowest BCUT2D eigenvalue weighted by atomic mass is 10.2. The van der Waals surface area contributed by atoms with Crippen molar-refractivity contribution >= 4 is 23.3 Å². The number of carbonyl (C=O) groups is 2. The van der Waals surface area contributed by atoms with Crippen molar-refractivity contribution in [1.82, 2.24) is 15.1 Å². The molecule has 0 bridgehead atoms. The van der Waals surface area contributed by atoms with Crippen LogP contribution in [0, 0.1) is 0 Å². The summed E-state index contributed by atoms with van der Waals surface area (Å²) in [6.45, 7) is 4.35. The molecule has 2 rings (SSSR count). The Morgan fingerprint density at radius 1 is 1.40 bits per heavy atom. The molecule has 1 aromatic rings. The maximum Gasteiger partial charge on any atom is 0.317 e. The summed E-state index contributed by atoms with van der Waals surface area (Å²) in [6, 6.07) is 3.88. The molecule has 2 heterocycles. The third-order valence-corrected chi connectivity index (χ3v) is 4.38. The smallest absolute Gasteiger partial charge is 0.317 e.